The predicted octanol–water partition coefficient (Wildman–Crippen LogP) is 3.11. The number of rotatable bonds is 6. The van der Waals surface area contributed by atoms with Gasteiger partial charge in [-0.05, 0) is 42.6 Å². The van der Waals surface area contributed by atoms with E-state index < -0.39 is 10.0 Å². The van der Waals surface area contributed by atoms with Crippen LogP contribution >= 0.6 is 11.3 Å². The largest absolute Gasteiger partial charge is 0.494 e. The molecule has 7 nitrogen and oxygen atoms in total. The molecule has 1 aromatic carbocycles. The second-order valence-electron chi connectivity index (χ2n) is 6.54. The van der Waals surface area contributed by atoms with Gasteiger partial charge < -0.3 is 9.64 Å². The van der Waals surface area contributed by atoms with Crippen LogP contribution in [0, 0.1) is 0 Å². The van der Waals surface area contributed by atoms with Gasteiger partial charge >= 0.3 is 0 Å². The minimum atomic E-state index is -3.40. The second-order valence-corrected chi connectivity index (χ2v) is 9.65. The number of hydrogen-bond acceptors (Lipinski definition) is 7. The van der Waals surface area contributed by atoms with Crippen molar-refractivity contribution in [3.05, 3.63) is 54.2 Å². The molecule has 3 aromatic rings. The monoisotopic (exact) mass is 430 g/mol. The summed E-state index contributed by atoms with van der Waals surface area (Å²) in [4.78, 5) is 10.9. The number of aromatic nitrogens is 2. The zero-order chi connectivity index (χ0) is 20.3. The summed E-state index contributed by atoms with van der Waals surface area (Å²) in [6, 6.07) is 13.2. The van der Waals surface area contributed by atoms with Crippen molar-refractivity contribution < 1.29 is 13.2 Å². The van der Waals surface area contributed by atoms with Gasteiger partial charge in [-0.1, -0.05) is 6.07 Å². The molecule has 1 saturated heterocycles. The third-order valence-electron chi connectivity index (χ3n) is 4.77. The first-order valence-corrected chi connectivity index (χ1v) is 11.7. The highest BCUT2D eigenvalue weighted by molar-refractivity contribution is 7.91. The molecule has 0 N–H and O–H groups in total. The van der Waals surface area contributed by atoms with E-state index in [2.05, 4.69) is 14.9 Å². The van der Waals surface area contributed by atoms with E-state index >= 15 is 0 Å². The van der Waals surface area contributed by atoms with Gasteiger partial charge in [0.05, 0.1) is 12.3 Å². The number of benzene rings is 1. The minimum absolute atomic E-state index is 0.394. The van der Waals surface area contributed by atoms with E-state index in [0.717, 1.165) is 22.8 Å². The summed E-state index contributed by atoms with van der Waals surface area (Å²) in [7, 11) is -3.40. The fraction of sp³-hybridized carbons (Fsp3) is 0.300. The van der Waals surface area contributed by atoms with Gasteiger partial charge in [-0.2, -0.15) is 4.31 Å². The van der Waals surface area contributed by atoms with Crippen LogP contribution in [0.15, 0.2) is 58.4 Å². The Labute approximate surface area is 174 Å². The van der Waals surface area contributed by atoms with Gasteiger partial charge in [0.25, 0.3) is 10.0 Å². The highest BCUT2D eigenvalue weighted by atomic mass is 32.2. The Balaban J connectivity index is 1.46. The van der Waals surface area contributed by atoms with Gasteiger partial charge in [0.2, 0.25) is 0 Å². The molecule has 0 unspecified atom stereocenters. The Morgan fingerprint density at radius 3 is 2.48 bits per heavy atom. The molecular formula is C20H22N4O3S2. The predicted molar refractivity (Wildman–Crippen MR) is 114 cm³/mol. The van der Waals surface area contributed by atoms with Crippen LogP contribution in [-0.4, -0.2) is 55.5 Å². The summed E-state index contributed by atoms with van der Waals surface area (Å²) in [6.45, 7) is 4.63. The lowest BCUT2D eigenvalue weighted by molar-refractivity contribution is 0.340. The Morgan fingerprint density at radius 1 is 1.07 bits per heavy atom. The average Bonchev–Trinajstić information content (AvgIpc) is 3.31. The second kappa shape index (κ2) is 8.48. The van der Waals surface area contributed by atoms with Crippen LogP contribution in [0.3, 0.4) is 0 Å². The third kappa shape index (κ3) is 4.26. The van der Waals surface area contributed by atoms with E-state index in [0.29, 0.717) is 37.0 Å². The van der Waals surface area contributed by atoms with Gasteiger partial charge in [0.15, 0.2) is 0 Å². The van der Waals surface area contributed by atoms with Crippen LogP contribution in [-0.2, 0) is 10.0 Å². The molecule has 4 rings (SSSR count). The summed E-state index contributed by atoms with van der Waals surface area (Å²) in [6.07, 6.45) is 1.55. The molecule has 0 bridgehead atoms. The molecule has 9 heteroatoms. The Kier molecular flexibility index (Phi) is 5.79. The van der Waals surface area contributed by atoms with E-state index in [4.69, 9.17) is 4.74 Å². The zero-order valence-corrected chi connectivity index (χ0v) is 17.7. The standard InChI is InChI=1S/C20H22N4O3S2/c1-2-27-17-7-5-16(6-8-17)18-14-19(22-15-21-18)23-9-11-24(12-10-23)29(25,26)20-4-3-13-28-20/h3-8,13-15H,2,9-12H2,1H3. The third-order valence-corrected chi connectivity index (χ3v) is 8.04. The van der Waals surface area contributed by atoms with Crippen LogP contribution in [0.1, 0.15) is 6.92 Å². The molecule has 2 aromatic heterocycles. The number of hydrogen-bond donors (Lipinski definition) is 0. The summed E-state index contributed by atoms with van der Waals surface area (Å²) >= 11 is 1.25. The van der Waals surface area contributed by atoms with Gasteiger partial charge in [-0.3, -0.25) is 0 Å². The first kappa shape index (κ1) is 19.8. The van der Waals surface area contributed by atoms with E-state index in [9.17, 15) is 8.42 Å². The topological polar surface area (TPSA) is 75.6 Å². The number of nitrogens with zero attached hydrogens (tertiary/aromatic N) is 4. The SMILES string of the molecule is CCOc1ccc(-c2cc(N3CCN(S(=O)(=O)c4cccs4)CC3)ncn2)cc1. The number of thiophene rings is 1. The van der Waals surface area contributed by atoms with E-state index in [1.807, 2.05) is 37.3 Å². The van der Waals surface area contributed by atoms with E-state index in [1.165, 1.54) is 11.3 Å². The molecule has 1 aliphatic rings. The van der Waals surface area contributed by atoms with Crippen molar-refractivity contribution in [2.75, 3.05) is 37.7 Å². The normalized spacial score (nSPS) is 15.4. The molecule has 0 atom stereocenters. The fourth-order valence-electron chi connectivity index (χ4n) is 3.26. The molecular weight excluding hydrogens is 408 g/mol. The Bertz CT molecular complexity index is 1050. The zero-order valence-electron chi connectivity index (χ0n) is 16.1. The van der Waals surface area contributed by atoms with Crippen LogP contribution in [0.5, 0.6) is 5.75 Å². The van der Waals surface area contributed by atoms with E-state index in [1.54, 1.807) is 28.1 Å². The minimum Gasteiger partial charge on any atom is -0.494 e. The Morgan fingerprint density at radius 2 is 1.83 bits per heavy atom. The maximum atomic E-state index is 12.7. The van der Waals surface area contributed by atoms with Crippen LogP contribution in [0.4, 0.5) is 5.82 Å². The summed E-state index contributed by atoms with van der Waals surface area (Å²) in [5.74, 6) is 1.63. The van der Waals surface area contributed by atoms with Crippen molar-refractivity contribution in [3.8, 4) is 17.0 Å². The summed E-state index contributed by atoms with van der Waals surface area (Å²) in [5, 5.41) is 1.78. The highest BCUT2D eigenvalue weighted by Gasteiger charge is 2.29. The lowest BCUT2D eigenvalue weighted by atomic mass is 10.1. The lowest BCUT2D eigenvalue weighted by Crippen LogP contribution is -2.48. The van der Waals surface area contributed by atoms with Gasteiger partial charge in [0.1, 0.15) is 22.1 Å². The molecule has 1 aliphatic heterocycles. The van der Waals surface area contributed by atoms with Crippen molar-refractivity contribution in [1.29, 1.82) is 0 Å². The maximum Gasteiger partial charge on any atom is 0.252 e. The quantitative estimate of drug-likeness (QED) is 0.598. The average molecular weight is 431 g/mol. The van der Waals surface area contributed by atoms with Crippen molar-refractivity contribution >= 4 is 27.2 Å². The molecule has 3 heterocycles. The Hall–Kier alpha value is -2.49. The van der Waals surface area contributed by atoms with Crippen LogP contribution in [0.2, 0.25) is 0 Å². The lowest BCUT2D eigenvalue weighted by Gasteiger charge is -2.34. The number of sulfonamides is 1. The highest BCUT2D eigenvalue weighted by Crippen LogP contribution is 2.26. The summed E-state index contributed by atoms with van der Waals surface area (Å²) in [5.41, 5.74) is 1.81. The maximum absolute atomic E-state index is 12.7. The van der Waals surface area contributed by atoms with Crippen molar-refractivity contribution in [1.82, 2.24) is 14.3 Å². The number of anilines is 1. The molecule has 29 heavy (non-hydrogen) atoms. The smallest absolute Gasteiger partial charge is 0.252 e. The van der Waals surface area contributed by atoms with Gasteiger partial charge in [-0.25, -0.2) is 18.4 Å². The fourth-order valence-corrected chi connectivity index (χ4v) is 5.83. The van der Waals surface area contributed by atoms with Crippen molar-refractivity contribution in [2.24, 2.45) is 0 Å². The number of ether oxygens (including phenoxy) is 1. The summed E-state index contributed by atoms with van der Waals surface area (Å²) < 4.78 is 32.8. The molecule has 0 radical (unpaired) electrons. The molecule has 152 valence electrons. The van der Waals surface area contributed by atoms with Crippen LogP contribution in [0.25, 0.3) is 11.3 Å². The van der Waals surface area contributed by atoms with Gasteiger partial charge in [0, 0.05) is 37.8 Å². The molecule has 0 saturated carbocycles. The number of piperazine rings is 1. The molecule has 0 amide bonds. The molecule has 0 spiro atoms. The van der Waals surface area contributed by atoms with E-state index in [-0.39, 0.29) is 0 Å². The molecule has 1 fully saturated rings. The molecule has 0 aliphatic carbocycles. The van der Waals surface area contributed by atoms with Crippen molar-refractivity contribution in [3.63, 3.8) is 0 Å². The van der Waals surface area contributed by atoms with Gasteiger partial charge in [-0.15, -0.1) is 11.3 Å². The van der Waals surface area contributed by atoms with Crippen molar-refractivity contribution in [2.45, 2.75) is 11.1 Å². The van der Waals surface area contributed by atoms with Crippen LogP contribution < -0.4 is 9.64 Å². The first-order valence-electron chi connectivity index (χ1n) is 9.42. The first-order chi connectivity index (χ1) is 14.1.